The van der Waals surface area contributed by atoms with Crippen LogP contribution in [-0.4, -0.2) is 51.3 Å². The second kappa shape index (κ2) is 21.6. The minimum Gasteiger partial charge on any atom is -0.396 e. The molecule has 2 amide bonds. The lowest BCUT2D eigenvalue weighted by Gasteiger charge is -2.14. The van der Waals surface area contributed by atoms with Crippen molar-refractivity contribution in [3.8, 4) is 0 Å². The molecular weight excluding hydrogens is 773 g/mol. The summed E-state index contributed by atoms with van der Waals surface area (Å²) in [5, 5.41) is 9.18. The Morgan fingerprint density at radius 3 is 1.61 bits per heavy atom. The number of aromatic nitrogens is 8. The van der Waals surface area contributed by atoms with Gasteiger partial charge in [0.2, 0.25) is 17.1 Å². The third-order valence-corrected chi connectivity index (χ3v) is 9.47. The van der Waals surface area contributed by atoms with Gasteiger partial charge in [0.15, 0.2) is 0 Å². The van der Waals surface area contributed by atoms with Gasteiger partial charge in [-0.1, -0.05) is 79.2 Å². The average molecular weight is 821 g/mol. The lowest BCUT2D eigenvalue weighted by molar-refractivity contribution is -0.119. The predicted molar refractivity (Wildman–Crippen MR) is 222 cm³/mol. The van der Waals surface area contributed by atoms with E-state index < -0.39 is 0 Å². The zero-order valence-electron chi connectivity index (χ0n) is 31.0. The number of amides is 2. The molecule has 13 nitrogen and oxygen atoms in total. The summed E-state index contributed by atoms with van der Waals surface area (Å²) in [4.78, 5) is 39.9. The Balaban J connectivity index is 0.000000257. The van der Waals surface area contributed by atoms with E-state index >= 15 is 0 Å². The maximum absolute atomic E-state index is 11.6. The first-order chi connectivity index (χ1) is 26.2. The third kappa shape index (κ3) is 13.4. The maximum atomic E-state index is 11.6. The summed E-state index contributed by atoms with van der Waals surface area (Å²) in [5.74, 6) is -0.623. The Morgan fingerprint density at radius 2 is 1.16 bits per heavy atom. The molecule has 0 aliphatic carbocycles. The van der Waals surface area contributed by atoms with Crippen molar-refractivity contribution in [2.24, 2.45) is 25.6 Å². The number of benzene rings is 2. The Kier molecular flexibility index (Phi) is 17.4. The summed E-state index contributed by atoms with van der Waals surface area (Å²) in [5.41, 5.74) is 23.4. The minimum atomic E-state index is -0.342. The molecule has 6 N–H and O–H groups in total. The van der Waals surface area contributed by atoms with Crippen LogP contribution in [0.2, 0.25) is 15.3 Å². The van der Waals surface area contributed by atoms with Crippen LogP contribution in [0.4, 0.5) is 5.69 Å². The maximum Gasteiger partial charge on any atom is 0.224 e. The lowest BCUT2D eigenvalue weighted by Crippen LogP contribution is -2.20. The number of nitrogen functional groups attached to an aromatic ring is 1. The predicted octanol–water partition coefficient (Wildman–Crippen LogP) is 6.62. The van der Waals surface area contributed by atoms with E-state index in [1.54, 1.807) is 41.1 Å². The highest BCUT2D eigenvalue weighted by atomic mass is 35.5. The first-order valence-corrected chi connectivity index (χ1v) is 18.5. The van der Waals surface area contributed by atoms with Gasteiger partial charge in [-0.15, -0.1) is 0 Å². The molecule has 6 rings (SSSR count). The third-order valence-electron chi connectivity index (χ3n) is 8.66. The highest BCUT2D eigenvalue weighted by molar-refractivity contribution is 6.32. The van der Waals surface area contributed by atoms with Gasteiger partial charge in [0.25, 0.3) is 0 Å². The molecule has 0 bridgehead atoms. The van der Waals surface area contributed by atoms with Crippen LogP contribution in [0.5, 0.6) is 0 Å². The second-order valence-corrected chi connectivity index (χ2v) is 14.0. The highest BCUT2D eigenvalue weighted by Crippen LogP contribution is 2.24. The Morgan fingerprint density at radius 1 is 0.679 bits per heavy atom. The molecule has 56 heavy (non-hydrogen) atoms. The van der Waals surface area contributed by atoms with Gasteiger partial charge in [-0.25, -0.2) is 19.9 Å². The molecule has 16 heteroatoms. The number of anilines is 1. The summed E-state index contributed by atoms with van der Waals surface area (Å²) in [6.45, 7) is 3.63. The summed E-state index contributed by atoms with van der Waals surface area (Å²) in [7, 11) is 3.71. The van der Waals surface area contributed by atoms with Crippen LogP contribution in [0.3, 0.4) is 0 Å². The number of halogens is 3. The van der Waals surface area contributed by atoms with Crippen LogP contribution in [0, 0.1) is 0 Å². The molecule has 2 unspecified atom stereocenters. The topological polar surface area (TPSA) is 199 Å². The first-order valence-electron chi connectivity index (χ1n) is 17.3. The zero-order valence-corrected chi connectivity index (χ0v) is 33.3. The molecule has 0 saturated heterocycles. The number of carbonyl (C=O) groups is 2. The van der Waals surface area contributed by atoms with Crippen LogP contribution < -0.4 is 17.2 Å². The van der Waals surface area contributed by atoms with Gasteiger partial charge in [0, 0.05) is 39.1 Å². The van der Waals surface area contributed by atoms with E-state index in [0.29, 0.717) is 52.9 Å². The number of aryl methyl sites for hydroxylation is 6. The summed E-state index contributed by atoms with van der Waals surface area (Å²) in [6.07, 6.45) is 13.5. The fourth-order valence-electron chi connectivity index (χ4n) is 5.62. The number of nitrogens with two attached hydrogens (primary N) is 3. The van der Waals surface area contributed by atoms with Crippen molar-refractivity contribution in [2.75, 3.05) is 5.73 Å². The number of nitrogens with zero attached hydrogens (tertiary/aromatic N) is 8. The largest absolute Gasteiger partial charge is 0.396 e. The van der Waals surface area contributed by atoms with E-state index in [9.17, 15) is 9.59 Å². The van der Waals surface area contributed by atoms with Gasteiger partial charge in [0.1, 0.15) is 5.82 Å². The van der Waals surface area contributed by atoms with Crippen LogP contribution in [0.25, 0.3) is 0 Å². The van der Waals surface area contributed by atoms with Crippen LogP contribution in [-0.2, 0) is 55.8 Å². The molecule has 0 radical (unpaired) electrons. The summed E-state index contributed by atoms with van der Waals surface area (Å²) >= 11 is 18.1. The van der Waals surface area contributed by atoms with Gasteiger partial charge in [-0.3, -0.25) is 19.0 Å². The molecule has 0 aliphatic rings. The second-order valence-electron chi connectivity index (χ2n) is 12.8. The normalized spacial score (nSPS) is 11.6. The van der Waals surface area contributed by atoms with E-state index in [-0.39, 0.29) is 36.4 Å². The van der Waals surface area contributed by atoms with Crippen LogP contribution in [0.15, 0.2) is 85.7 Å². The van der Waals surface area contributed by atoms with E-state index in [4.69, 9.17) is 52.0 Å². The summed E-state index contributed by atoms with van der Waals surface area (Å²) in [6, 6.07) is 15.6. The Hall–Kier alpha value is -5.37. The SMILES string of the molecule is C.CC(C(N)=O)c1ccccc1CCc1nc(Cc2cnn(C)c2)ncc1Cl.CC(C(N)=O)c1ccccc1CCc1nc(Cl)ncc1Cl.Cn1cc(N)cn1. The average Bonchev–Trinajstić information content (AvgIpc) is 3.77. The molecule has 2 aromatic carbocycles. The molecule has 0 saturated carbocycles. The number of hydrogen-bond donors (Lipinski definition) is 3. The quantitative estimate of drug-likeness (QED) is 0.114. The molecule has 4 aromatic heterocycles. The van der Waals surface area contributed by atoms with E-state index in [1.165, 1.54) is 6.20 Å². The van der Waals surface area contributed by atoms with Crippen molar-refractivity contribution in [3.63, 3.8) is 0 Å². The fourth-order valence-corrected chi connectivity index (χ4v) is 6.15. The molecule has 0 aliphatic heterocycles. The monoisotopic (exact) mass is 819 g/mol. The highest BCUT2D eigenvalue weighted by Gasteiger charge is 2.17. The van der Waals surface area contributed by atoms with Gasteiger partial charge in [-0.2, -0.15) is 10.2 Å². The van der Waals surface area contributed by atoms with Gasteiger partial charge in [-0.05, 0) is 78.9 Å². The molecule has 2 atom stereocenters. The number of carbonyl (C=O) groups excluding carboxylic acids is 2. The van der Waals surface area contributed by atoms with Gasteiger partial charge < -0.3 is 17.2 Å². The van der Waals surface area contributed by atoms with Crippen LogP contribution >= 0.6 is 34.8 Å². The smallest absolute Gasteiger partial charge is 0.224 e. The molecule has 296 valence electrons. The first kappa shape index (κ1) is 45.0. The standard InChI is InChI=1S/C20H22ClN5O.C15H15Cl2N3O.C4H7N3.CH4/c1-13(20(22)27)16-6-4-3-5-15(16)7-8-18-17(21)11-23-19(25-18)9-14-10-24-26(2)12-14;1-9(14(18)21)11-5-3-2-4-10(11)6-7-13-12(16)8-19-15(17)20-13;1-7-3-4(5)2-6-7;/h3-6,10-13H,7-9H2,1-2H3,(H2,22,27);2-5,8-9H,6-7H2,1H3,(H2,18,21);2-3H,5H2,1H3;1H4. The van der Waals surface area contributed by atoms with Crippen molar-refractivity contribution in [1.82, 2.24) is 39.5 Å². The molecular formula is C40H48Cl3N11O2. The number of primary amides is 2. The molecule has 6 aromatic rings. The van der Waals surface area contributed by atoms with Crippen molar-refractivity contribution in [3.05, 3.63) is 146 Å². The van der Waals surface area contributed by atoms with Gasteiger partial charge in [0.05, 0.1) is 57.5 Å². The van der Waals surface area contributed by atoms with E-state index in [0.717, 1.165) is 39.9 Å². The van der Waals surface area contributed by atoms with Crippen LogP contribution in [0.1, 0.15) is 78.1 Å². The Bertz CT molecular complexity index is 2190. The van der Waals surface area contributed by atoms with Crippen molar-refractivity contribution in [1.29, 1.82) is 0 Å². The van der Waals surface area contributed by atoms with Crippen molar-refractivity contribution < 1.29 is 9.59 Å². The van der Waals surface area contributed by atoms with E-state index in [2.05, 4.69) is 30.1 Å². The minimum absolute atomic E-state index is 0. The Labute approximate surface area is 342 Å². The summed E-state index contributed by atoms with van der Waals surface area (Å²) < 4.78 is 3.42. The van der Waals surface area contributed by atoms with Gasteiger partial charge >= 0.3 is 0 Å². The number of hydrogen-bond acceptors (Lipinski definition) is 9. The number of rotatable bonds is 12. The lowest BCUT2D eigenvalue weighted by atomic mass is 9.92. The van der Waals surface area contributed by atoms with Crippen molar-refractivity contribution in [2.45, 2.75) is 65.2 Å². The van der Waals surface area contributed by atoms with E-state index in [1.807, 2.05) is 75.7 Å². The molecule has 0 spiro atoms. The molecule has 0 fully saturated rings. The molecule has 4 heterocycles. The van der Waals surface area contributed by atoms with Crippen molar-refractivity contribution >= 4 is 52.3 Å². The fraction of sp³-hybridized carbons (Fsp3) is 0.300. The zero-order chi connectivity index (χ0) is 40.1.